The van der Waals surface area contributed by atoms with Gasteiger partial charge in [-0.15, -0.1) is 0 Å². The van der Waals surface area contributed by atoms with E-state index in [2.05, 4.69) is 47.8 Å². The predicted molar refractivity (Wildman–Crippen MR) is 94.6 cm³/mol. The van der Waals surface area contributed by atoms with Gasteiger partial charge in [0.1, 0.15) is 0 Å². The predicted octanol–water partition coefficient (Wildman–Crippen LogP) is 4.79. The van der Waals surface area contributed by atoms with Crippen molar-refractivity contribution in [1.82, 2.24) is 4.31 Å². The summed E-state index contributed by atoms with van der Waals surface area (Å²) in [6, 6.07) is 12.6. The Kier molecular flexibility index (Phi) is 5.65. The van der Waals surface area contributed by atoms with E-state index in [-0.39, 0.29) is 4.90 Å². The Morgan fingerprint density at radius 1 is 0.952 bits per heavy atom. The highest BCUT2D eigenvalue weighted by Crippen LogP contribution is 2.28. The molecule has 0 atom stereocenters. The molecule has 0 aliphatic rings. The van der Waals surface area contributed by atoms with Crippen LogP contribution in [0.2, 0.25) is 0 Å². The van der Waals surface area contributed by atoms with Gasteiger partial charge < -0.3 is 0 Å². The molecule has 0 N–H and O–H groups in total. The Balaban J connectivity index is 2.28. The number of sulfonamides is 1. The maximum atomic E-state index is 12.6. The molecule has 2 aromatic carbocycles. The lowest BCUT2D eigenvalue weighted by molar-refractivity contribution is 0.466. The zero-order chi connectivity index (χ0) is 15.6. The Bertz CT molecular complexity index is 745. The zero-order valence-electron chi connectivity index (χ0n) is 11.1. The molecular weight excluding hydrogens is 486 g/mol. The number of nitrogens with zero attached hydrogens (tertiary/aromatic N) is 1. The third-order valence-electron chi connectivity index (χ3n) is 2.90. The first-order chi connectivity index (χ1) is 9.80. The highest BCUT2D eigenvalue weighted by molar-refractivity contribution is 9.11. The Morgan fingerprint density at radius 3 is 2.10 bits per heavy atom. The minimum absolute atomic E-state index is 0.255. The summed E-state index contributed by atoms with van der Waals surface area (Å²) in [7, 11) is -1.97. The van der Waals surface area contributed by atoms with Crippen molar-refractivity contribution in [2.24, 2.45) is 0 Å². The van der Waals surface area contributed by atoms with Crippen molar-refractivity contribution in [2.75, 3.05) is 7.05 Å². The normalized spacial score (nSPS) is 11.9. The third-order valence-corrected chi connectivity index (χ3v) is 6.70. The van der Waals surface area contributed by atoms with E-state index in [1.165, 1.54) is 4.31 Å². The molecule has 0 aliphatic carbocycles. The first-order valence-corrected chi connectivity index (χ1v) is 9.78. The van der Waals surface area contributed by atoms with Gasteiger partial charge in [-0.2, -0.15) is 4.31 Å². The summed E-state index contributed by atoms with van der Waals surface area (Å²) in [5.41, 5.74) is 0.928. The molecule has 0 saturated heterocycles. The van der Waals surface area contributed by atoms with Crippen LogP contribution in [0.15, 0.2) is 60.8 Å². The molecule has 0 spiro atoms. The van der Waals surface area contributed by atoms with Crippen LogP contribution in [0.4, 0.5) is 0 Å². The van der Waals surface area contributed by atoms with E-state index in [0.29, 0.717) is 11.0 Å². The smallest absolute Gasteiger partial charge is 0.207 e. The van der Waals surface area contributed by atoms with Crippen molar-refractivity contribution in [3.05, 3.63) is 61.4 Å². The SMILES string of the molecule is CN(Cc1ccc(Br)cc1)S(=O)(=O)c1ccc(Br)cc1Br. The summed E-state index contributed by atoms with van der Waals surface area (Å²) in [4.78, 5) is 0.255. The standard InChI is InChI=1S/C14H12Br3NO2S/c1-18(9-10-2-4-11(15)5-3-10)21(19,20)14-7-6-12(16)8-13(14)17/h2-8H,9H2,1H3. The maximum Gasteiger partial charge on any atom is 0.244 e. The van der Waals surface area contributed by atoms with Crippen LogP contribution >= 0.6 is 47.8 Å². The molecule has 21 heavy (non-hydrogen) atoms. The Morgan fingerprint density at radius 2 is 1.52 bits per heavy atom. The largest absolute Gasteiger partial charge is 0.244 e. The lowest BCUT2D eigenvalue weighted by atomic mass is 10.2. The molecule has 0 fully saturated rings. The molecule has 0 unspecified atom stereocenters. The summed E-state index contributed by atoms with van der Waals surface area (Å²) in [5, 5.41) is 0. The van der Waals surface area contributed by atoms with Crippen LogP contribution < -0.4 is 0 Å². The van der Waals surface area contributed by atoms with Crippen molar-refractivity contribution >= 4 is 57.8 Å². The van der Waals surface area contributed by atoms with E-state index >= 15 is 0 Å². The summed E-state index contributed by atoms with van der Waals surface area (Å²) in [5.74, 6) is 0. The van der Waals surface area contributed by atoms with Gasteiger partial charge in [-0.05, 0) is 51.8 Å². The summed E-state index contributed by atoms with van der Waals surface area (Å²) >= 11 is 9.98. The maximum absolute atomic E-state index is 12.6. The minimum Gasteiger partial charge on any atom is -0.207 e. The second-order valence-corrected chi connectivity index (χ2v) is 9.16. The molecule has 0 radical (unpaired) electrons. The monoisotopic (exact) mass is 495 g/mol. The van der Waals surface area contributed by atoms with Gasteiger partial charge in [0.05, 0.1) is 4.90 Å². The van der Waals surface area contributed by atoms with Crippen LogP contribution in [0.1, 0.15) is 5.56 Å². The summed E-state index contributed by atoms with van der Waals surface area (Å²) in [6.45, 7) is 0.318. The van der Waals surface area contributed by atoms with E-state index in [9.17, 15) is 8.42 Å². The molecule has 0 saturated carbocycles. The number of halogens is 3. The zero-order valence-corrected chi connectivity index (χ0v) is 16.6. The van der Waals surface area contributed by atoms with E-state index in [0.717, 1.165) is 14.5 Å². The number of hydrogen-bond donors (Lipinski definition) is 0. The molecule has 7 heteroatoms. The second-order valence-electron chi connectivity index (χ2n) is 4.46. The fourth-order valence-corrected chi connectivity index (χ4v) is 4.91. The van der Waals surface area contributed by atoms with E-state index < -0.39 is 10.0 Å². The average Bonchev–Trinajstić information content (AvgIpc) is 2.40. The topological polar surface area (TPSA) is 37.4 Å². The summed E-state index contributed by atoms with van der Waals surface area (Å²) in [6.07, 6.45) is 0. The third kappa shape index (κ3) is 4.16. The van der Waals surface area contributed by atoms with Crippen LogP contribution in [0.5, 0.6) is 0 Å². The molecule has 0 aliphatic heterocycles. The summed E-state index contributed by atoms with van der Waals surface area (Å²) < 4.78 is 28.9. The molecule has 3 nitrogen and oxygen atoms in total. The number of hydrogen-bond acceptors (Lipinski definition) is 2. The highest BCUT2D eigenvalue weighted by atomic mass is 79.9. The van der Waals surface area contributed by atoms with Crippen molar-refractivity contribution in [3.63, 3.8) is 0 Å². The van der Waals surface area contributed by atoms with Crippen LogP contribution in [0, 0.1) is 0 Å². The lowest BCUT2D eigenvalue weighted by Crippen LogP contribution is -2.26. The highest BCUT2D eigenvalue weighted by Gasteiger charge is 2.23. The number of rotatable bonds is 4. The van der Waals surface area contributed by atoms with Gasteiger partial charge in [-0.1, -0.05) is 44.0 Å². The van der Waals surface area contributed by atoms with Crippen molar-refractivity contribution in [3.8, 4) is 0 Å². The van der Waals surface area contributed by atoms with Gasteiger partial charge in [-0.3, -0.25) is 0 Å². The molecule has 2 aromatic rings. The quantitative estimate of drug-likeness (QED) is 0.608. The second kappa shape index (κ2) is 6.91. The van der Waals surface area contributed by atoms with Gasteiger partial charge in [0.2, 0.25) is 10.0 Å². The van der Waals surface area contributed by atoms with Crippen LogP contribution in [0.25, 0.3) is 0 Å². The van der Waals surface area contributed by atoms with Gasteiger partial charge in [0, 0.05) is 27.0 Å². The van der Waals surface area contributed by atoms with Crippen LogP contribution in [-0.2, 0) is 16.6 Å². The lowest BCUT2D eigenvalue weighted by Gasteiger charge is -2.18. The minimum atomic E-state index is -3.54. The van der Waals surface area contributed by atoms with Crippen molar-refractivity contribution in [2.45, 2.75) is 11.4 Å². The van der Waals surface area contributed by atoms with Gasteiger partial charge in [-0.25, -0.2) is 8.42 Å². The molecule has 112 valence electrons. The van der Waals surface area contributed by atoms with Crippen molar-refractivity contribution < 1.29 is 8.42 Å². The molecular formula is C14H12Br3NO2S. The van der Waals surface area contributed by atoms with Crippen molar-refractivity contribution in [1.29, 1.82) is 0 Å². The number of benzene rings is 2. The molecule has 0 amide bonds. The Labute approximate surface area is 149 Å². The van der Waals surface area contributed by atoms with Crippen LogP contribution in [0.3, 0.4) is 0 Å². The van der Waals surface area contributed by atoms with E-state index in [1.807, 2.05) is 24.3 Å². The van der Waals surface area contributed by atoms with E-state index in [1.54, 1.807) is 25.2 Å². The molecule has 0 bridgehead atoms. The Hall–Kier alpha value is -0.210. The molecule has 0 aromatic heterocycles. The first kappa shape index (κ1) is 17.1. The van der Waals surface area contributed by atoms with Gasteiger partial charge in [0.15, 0.2) is 0 Å². The first-order valence-electron chi connectivity index (χ1n) is 5.96. The fraction of sp³-hybridized carbons (Fsp3) is 0.143. The average molecular weight is 498 g/mol. The van der Waals surface area contributed by atoms with Crippen LogP contribution in [-0.4, -0.2) is 19.8 Å². The van der Waals surface area contributed by atoms with Gasteiger partial charge in [0.25, 0.3) is 0 Å². The molecule has 2 rings (SSSR count). The van der Waals surface area contributed by atoms with Gasteiger partial charge >= 0.3 is 0 Å². The van der Waals surface area contributed by atoms with E-state index in [4.69, 9.17) is 0 Å². The fourth-order valence-electron chi connectivity index (χ4n) is 1.78. The molecule has 0 heterocycles.